The molecular weight excluding hydrogens is 330 g/mol. The number of rotatable bonds is 4. The fourth-order valence-corrected chi connectivity index (χ4v) is 2.90. The first-order chi connectivity index (χ1) is 12.4. The van der Waals surface area contributed by atoms with Crippen LogP contribution >= 0.6 is 0 Å². The van der Waals surface area contributed by atoms with E-state index in [-0.39, 0.29) is 17.0 Å². The molecule has 1 heterocycles. The average molecular weight is 351 g/mol. The lowest BCUT2D eigenvalue weighted by atomic mass is 9.95. The van der Waals surface area contributed by atoms with Gasteiger partial charge in [-0.25, -0.2) is 4.79 Å². The lowest BCUT2D eigenvalue weighted by molar-refractivity contribution is 0.0597. The van der Waals surface area contributed by atoms with Crippen molar-refractivity contribution >= 4 is 11.7 Å². The van der Waals surface area contributed by atoms with Gasteiger partial charge in [0.15, 0.2) is 5.75 Å². The molecule has 6 heteroatoms. The van der Waals surface area contributed by atoms with E-state index in [0.717, 1.165) is 27.8 Å². The number of hydrogen-bond acceptors (Lipinski definition) is 5. The van der Waals surface area contributed by atoms with Crippen molar-refractivity contribution in [3.8, 4) is 16.9 Å². The Morgan fingerprint density at radius 1 is 1.27 bits per heavy atom. The zero-order chi connectivity index (χ0) is 18.8. The second-order valence-electron chi connectivity index (χ2n) is 6.24. The summed E-state index contributed by atoms with van der Waals surface area (Å²) in [4.78, 5) is 11.9. The first-order valence-corrected chi connectivity index (χ1v) is 8.18. The van der Waals surface area contributed by atoms with Crippen LogP contribution in [-0.2, 0) is 18.2 Å². The maximum Gasteiger partial charge on any atom is 0.341 e. The number of phenols is 1. The van der Waals surface area contributed by atoms with Gasteiger partial charge in [0, 0.05) is 18.8 Å². The number of aromatic hydroxyl groups is 1. The Kier molecular flexibility index (Phi) is 4.67. The predicted octanol–water partition coefficient (Wildman–Crippen LogP) is 3.06. The topological polar surface area (TPSA) is 90.4 Å². The highest BCUT2D eigenvalue weighted by molar-refractivity contribution is 5.95. The van der Waals surface area contributed by atoms with Gasteiger partial charge in [-0.3, -0.25) is 4.68 Å². The van der Waals surface area contributed by atoms with Crippen LogP contribution in [0.5, 0.6) is 5.75 Å². The smallest absolute Gasteiger partial charge is 0.341 e. The van der Waals surface area contributed by atoms with Crippen molar-refractivity contribution in [3.63, 3.8) is 0 Å². The number of nitrogens with two attached hydrogens (primary N) is 1. The van der Waals surface area contributed by atoms with Crippen LogP contribution < -0.4 is 5.73 Å². The summed E-state index contributed by atoms with van der Waals surface area (Å²) in [7, 11) is 3.16. The molecule has 1 aromatic heterocycles. The van der Waals surface area contributed by atoms with Gasteiger partial charge < -0.3 is 15.6 Å². The van der Waals surface area contributed by atoms with Gasteiger partial charge in [-0.05, 0) is 41.7 Å². The molecule has 26 heavy (non-hydrogen) atoms. The minimum Gasteiger partial charge on any atom is -0.505 e. The van der Waals surface area contributed by atoms with E-state index in [9.17, 15) is 9.90 Å². The highest BCUT2D eigenvalue weighted by Crippen LogP contribution is 2.33. The third-order valence-corrected chi connectivity index (χ3v) is 4.51. The van der Waals surface area contributed by atoms with E-state index in [1.54, 1.807) is 10.7 Å². The summed E-state index contributed by atoms with van der Waals surface area (Å²) >= 11 is 0. The molecule has 3 aromatic rings. The number of ether oxygens (including phenoxy) is 1. The molecule has 3 rings (SSSR count). The van der Waals surface area contributed by atoms with Crippen molar-refractivity contribution in [3.05, 3.63) is 65.0 Å². The van der Waals surface area contributed by atoms with Gasteiger partial charge in [-0.2, -0.15) is 5.10 Å². The Morgan fingerprint density at radius 3 is 2.54 bits per heavy atom. The van der Waals surface area contributed by atoms with Gasteiger partial charge in [0.05, 0.1) is 19.0 Å². The second kappa shape index (κ2) is 6.92. The van der Waals surface area contributed by atoms with Gasteiger partial charge in [-0.1, -0.05) is 24.3 Å². The first-order valence-electron chi connectivity index (χ1n) is 8.18. The van der Waals surface area contributed by atoms with Crippen molar-refractivity contribution in [2.24, 2.45) is 7.05 Å². The second-order valence-corrected chi connectivity index (χ2v) is 6.24. The van der Waals surface area contributed by atoms with Gasteiger partial charge in [0.2, 0.25) is 0 Å². The molecule has 0 fully saturated rings. The predicted molar refractivity (Wildman–Crippen MR) is 100 cm³/mol. The van der Waals surface area contributed by atoms with E-state index < -0.39 is 5.97 Å². The molecule has 0 radical (unpaired) electrons. The van der Waals surface area contributed by atoms with Crippen LogP contribution in [0.4, 0.5) is 5.69 Å². The van der Waals surface area contributed by atoms with Gasteiger partial charge in [0.1, 0.15) is 5.56 Å². The zero-order valence-corrected chi connectivity index (χ0v) is 15.0. The van der Waals surface area contributed by atoms with E-state index in [1.165, 1.54) is 7.11 Å². The maximum atomic E-state index is 11.9. The van der Waals surface area contributed by atoms with Crippen molar-refractivity contribution in [2.45, 2.75) is 13.3 Å². The molecule has 3 N–H and O–H groups in total. The minimum atomic E-state index is -0.609. The summed E-state index contributed by atoms with van der Waals surface area (Å²) in [5, 5.41) is 14.3. The van der Waals surface area contributed by atoms with Crippen LogP contribution in [0.2, 0.25) is 0 Å². The quantitative estimate of drug-likeness (QED) is 0.428. The van der Waals surface area contributed by atoms with Crippen LogP contribution in [0.1, 0.15) is 27.0 Å². The van der Waals surface area contributed by atoms with E-state index in [0.29, 0.717) is 6.42 Å². The normalized spacial score (nSPS) is 10.7. The molecule has 0 aliphatic rings. The van der Waals surface area contributed by atoms with Gasteiger partial charge >= 0.3 is 5.97 Å². The number of phenolic OH excluding ortho intramolecular Hbond substituents is 1. The average Bonchev–Trinajstić information content (AvgIpc) is 3.08. The molecule has 0 saturated heterocycles. The Balaban J connectivity index is 1.91. The summed E-state index contributed by atoms with van der Waals surface area (Å²) in [5.74, 6) is -0.840. The molecule has 0 saturated carbocycles. The zero-order valence-electron chi connectivity index (χ0n) is 15.0. The number of carbonyl (C=O) groups is 1. The molecule has 0 aliphatic carbocycles. The lowest BCUT2D eigenvalue weighted by Gasteiger charge is -2.14. The van der Waals surface area contributed by atoms with Crippen molar-refractivity contribution in [1.82, 2.24) is 9.78 Å². The number of benzene rings is 2. The van der Waals surface area contributed by atoms with E-state index in [4.69, 9.17) is 10.5 Å². The van der Waals surface area contributed by atoms with Crippen molar-refractivity contribution in [2.75, 3.05) is 12.8 Å². The minimum absolute atomic E-state index is 0.0811. The SMILES string of the molecule is COC(=O)c1cc(Cc2ccc(-c3cnn(C)c3)cc2)c(C)c(N)c1O. The first kappa shape index (κ1) is 17.5. The molecule has 0 spiro atoms. The molecule has 0 amide bonds. The number of carbonyl (C=O) groups excluding carboxylic acids is 1. The molecule has 0 bridgehead atoms. The van der Waals surface area contributed by atoms with Crippen LogP contribution in [0.25, 0.3) is 11.1 Å². The third kappa shape index (κ3) is 3.26. The number of nitrogens with zero attached hydrogens (tertiary/aromatic N) is 2. The summed E-state index contributed by atoms with van der Waals surface area (Å²) in [6.07, 6.45) is 4.37. The Morgan fingerprint density at radius 2 is 1.96 bits per heavy atom. The van der Waals surface area contributed by atoms with Crippen LogP contribution in [-0.4, -0.2) is 28.0 Å². The molecule has 2 aromatic carbocycles. The summed E-state index contributed by atoms with van der Waals surface area (Å²) in [6.45, 7) is 1.83. The number of anilines is 1. The van der Waals surface area contributed by atoms with E-state index in [1.807, 2.05) is 50.6 Å². The Bertz CT molecular complexity index is 959. The van der Waals surface area contributed by atoms with E-state index >= 15 is 0 Å². The van der Waals surface area contributed by atoms with Crippen molar-refractivity contribution < 1.29 is 14.6 Å². The molecule has 0 aliphatic heterocycles. The number of aryl methyl sites for hydroxylation is 1. The monoisotopic (exact) mass is 351 g/mol. The Labute approximate surface area is 151 Å². The Hall–Kier alpha value is -3.28. The molecule has 0 unspecified atom stereocenters. The number of esters is 1. The van der Waals surface area contributed by atoms with Crippen molar-refractivity contribution in [1.29, 1.82) is 0 Å². The number of aromatic nitrogens is 2. The molecule has 134 valence electrons. The number of methoxy groups -OCH3 is 1. The standard InChI is InChI=1S/C20H21N3O3/c1-12-15(9-17(20(25)26-3)19(24)18(12)21)8-13-4-6-14(7-5-13)16-10-22-23(2)11-16/h4-7,9-11,24H,8,21H2,1-3H3. The summed E-state index contributed by atoms with van der Waals surface area (Å²) in [6, 6.07) is 9.77. The molecular formula is C20H21N3O3. The molecule has 0 atom stereocenters. The van der Waals surface area contributed by atoms with Gasteiger partial charge in [0.25, 0.3) is 0 Å². The summed E-state index contributed by atoms with van der Waals surface area (Å²) in [5.41, 5.74) is 11.1. The fraction of sp³-hybridized carbons (Fsp3) is 0.200. The lowest BCUT2D eigenvalue weighted by Crippen LogP contribution is -2.07. The van der Waals surface area contributed by atoms with Crippen LogP contribution in [0, 0.1) is 6.92 Å². The van der Waals surface area contributed by atoms with Crippen LogP contribution in [0.15, 0.2) is 42.7 Å². The maximum absolute atomic E-state index is 11.9. The number of nitrogen functional groups attached to an aromatic ring is 1. The highest BCUT2D eigenvalue weighted by atomic mass is 16.5. The van der Waals surface area contributed by atoms with E-state index in [2.05, 4.69) is 5.10 Å². The van der Waals surface area contributed by atoms with Gasteiger partial charge in [-0.15, -0.1) is 0 Å². The third-order valence-electron chi connectivity index (χ3n) is 4.51. The molecule has 6 nitrogen and oxygen atoms in total. The number of hydrogen-bond donors (Lipinski definition) is 2. The van der Waals surface area contributed by atoms with Crippen LogP contribution in [0.3, 0.4) is 0 Å². The fourth-order valence-electron chi connectivity index (χ4n) is 2.90. The summed E-state index contributed by atoms with van der Waals surface area (Å²) < 4.78 is 6.49. The largest absolute Gasteiger partial charge is 0.505 e. The highest BCUT2D eigenvalue weighted by Gasteiger charge is 2.18.